The van der Waals surface area contributed by atoms with Gasteiger partial charge < -0.3 is 13.9 Å². The number of rotatable bonds is 4. The van der Waals surface area contributed by atoms with Crippen molar-refractivity contribution in [1.82, 2.24) is 0 Å². The molecule has 1 heterocycles. The first-order valence-corrected chi connectivity index (χ1v) is 6.59. The molecule has 0 saturated heterocycles. The molecule has 0 aliphatic rings. The highest BCUT2D eigenvalue weighted by molar-refractivity contribution is 9.10. The fraction of sp³-hybridized carbons (Fsp3) is 0.143. The van der Waals surface area contributed by atoms with Crippen LogP contribution in [0.25, 0.3) is 0 Å². The quantitative estimate of drug-likeness (QED) is 0.786. The molecular formula is C14H10BrFO5. The summed E-state index contributed by atoms with van der Waals surface area (Å²) in [5, 5.41) is 0. The van der Waals surface area contributed by atoms with Crippen molar-refractivity contribution < 1.29 is 27.9 Å². The smallest absolute Gasteiger partial charge is 0.374 e. The number of hydrogen-bond donors (Lipinski definition) is 0. The maximum atomic E-state index is 13.1. The van der Waals surface area contributed by atoms with Gasteiger partial charge in [-0.15, -0.1) is 0 Å². The Morgan fingerprint density at radius 1 is 1.29 bits per heavy atom. The van der Waals surface area contributed by atoms with Gasteiger partial charge in [-0.05, 0) is 40.2 Å². The molecule has 0 bridgehead atoms. The Bertz CT molecular complexity index is 680. The molecule has 7 heteroatoms. The molecule has 1 aromatic carbocycles. The Labute approximate surface area is 127 Å². The molecule has 1 aromatic heterocycles. The largest absolute Gasteiger partial charge is 0.463 e. The fourth-order valence-corrected chi connectivity index (χ4v) is 2.00. The highest BCUT2D eigenvalue weighted by atomic mass is 79.9. The van der Waals surface area contributed by atoms with Gasteiger partial charge in [0, 0.05) is 10.0 Å². The summed E-state index contributed by atoms with van der Waals surface area (Å²) in [6, 6.07) is 5.17. The van der Waals surface area contributed by atoms with Crippen LogP contribution in [-0.2, 0) is 16.1 Å². The monoisotopic (exact) mass is 356 g/mol. The van der Waals surface area contributed by atoms with Crippen LogP contribution in [0.4, 0.5) is 4.39 Å². The molecule has 2 rings (SSSR count). The number of halogens is 2. The number of esters is 2. The average molecular weight is 357 g/mol. The van der Waals surface area contributed by atoms with Gasteiger partial charge in [-0.1, -0.05) is 0 Å². The lowest BCUT2D eigenvalue weighted by atomic mass is 10.2. The van der Waals surface area contributed by atoms with Crippen LogP contribution in [-0.4, -0.2) is 19.0 Å². The molecule has 0 N–H and O–H groups in total. The van der Waals surface area contributed by atoms with Gasteiger partial charge in [0.15, 0.2) is 0 Å². The Kier molecular flexibility index (Phi) is 4.74. The van der Waals surface area contributed by atoms with Gasteiger partial charge in [-0.25, -0.2) is 14.0 Å². The lowest BCUT2D eigenvalue weighted by molar-refractivity contribution is 0.0452. The molecule has 21 heavy (non-hydrogen) atoms. The second-order valence-corrected chi connectivity index (χ2v) is 4.82. The van der Waals surface area contributed by atoms with E-state index in [4.69, 9.17) is 9.15 Å². The molecule has 0 atom stereocenters. The van der Waals surface area contributed by atoms with Crippen LogP contribution in [0, 0.1) is 5.82 Å². The van der Waals surface area contributed by atoms with E-state index in [1.54, 1.807) is 0 Å². The summed E-state index contributed by atoms with van der Waals surface area (Å²) >= 11 is 3.14. The number of carbonyl (C=O) groups is 2. The minimum Gasteiger partial charge on any atom is -0.463 e. The summed E-state index contributed by atoms with van der Waals surface area (Å²) in [5.41, 5.74) is 0.417. The zero-order chi connectivity index (χ0) is 15.4. The van der Waals surface area contributed by atoms with Crippen molar-refractivity contribution >= 4 is 27.9 Å². The van der Waals surface area contributed by atoms with Crippen LogP contribution in [0.3, 0.4) is 0 Å². The molecule has 110 valence electrons. The second kappa shape index (κ2) is 6.53. The number of furan rings is 1. The topological polar surface area (TPSA) is 65.7 Å². The molecule has 0 spiro atoms. The van der Waals surface area contributed by atoms with Gasteiger partial charge in [0.25, 0.3) is 0 Å². The summed E-state index contributed by atoms with van der Waals surface area (Å²) in [4.78, 5) is 23.3. The lowest BCUT2D eigenvalue weighted by Gasteiger charge is -2.06. The second-order valence-electron chi connectivity index (χ2n) is 3.97. The van der Waals surface area contributed by atoms with E-state index in [2.05, 4.69) is 20.7 Å². The van der Waals surface area contributed by atoms with Crippen LogP contribution in [0.15, 0.2) is 39.4 Å². The maximum Gasteiger partial charge on any atom is 0.374 e. The first-order valence-electron chi connectivity index (χ1n) is 5.79. The Morgan fingerprint density at radius 2 is 2.05 bits per heavy atom. The van der Waals surface area contributed by atoms with E-state index >= 15 is 0 Å². The molecule has 2 aromatic rings. The maximum absolute atomic E-state index is 13.1. The molecule has 0 unspecified atom stereocenters. The van der Waals surface area contributed by atoms with Gasteiger partial charge in [-0.2, -0.15) is 0 Å². The van der Waals surface area contributed by atoms with Gasteiger partial charge in [0.05, 0.1) is 18.9 Å². The van der Waals surface area contributed by atoms with E-state index in [1.165, 1.54) is 31.6 Å². The standard InChI is InChI=1S/C14H10BrFO5/c1-19-14(18)12-8(4-5-20-12)7-21-13(17)10-6-9(16)2-3-11(10)15/h2-6H,7H2,1H3. The van der Waals surface area contributed by atoms with Crippen LogP contribution in [0.1, 0.15) is 26.5 Å². The molecule has 0 amide bonds. The fourth-order valence-electron chi connectivity index (χ4n) is 1.60. The van der Waals surface area contributed by atoms with Crippen molar-refractivity contribution in [3.05, 3.63) is 57.7 Å². The van der Waals surface area contributed by atoms with E-state index in [9.17, 15) is 14.0 Å². The van der Waals surface area contributed by atoms with Gasteiger partial charge in [0.1, 0.15) is 12.4 Å². The number of benzene rings is 1. The molecular weight excluding hydrogens is 347 g/mol. The Morgan fingerprint density at radius 3 is 2.76 bits per heavy atom. The summed E-state index contributed by atoms with van der Waals surface area (Å²) in [6.07, 6.45) is 1.29. The number of hydrogen-bond acceptors (Lipinski definition) is 5. The number of carbonyl (C=O) groups excluding carboxylic acids is 2. The van der Waals surface area contributed by atoms with E-state index in [1.807, 2.05) is 0 Å². The van der Waals surface area contributed by atoms with Crippen LogP contribution >= 0.6 is 15.9 Å². The molecule has 0 aliphatic carbocycles. The van der Waals surface area contributed by atoms with E-state index in [0.29, 0.717) is 10.0 Å². The van der Waals surface area contributed by atoms with Crippen molar-refractivity contribution in [2.45, 2.75) is 6.61 Å². The number of ether oxygens (including phenoxy) is 2. The first kappa shape index (κ1) is 15.2. The first-order chi connectivity index (χ1) is 10.0. The summed E-state index contributed by atoms with van der Waals surface area (Å²) in [5.74, 6) is -1.98. The molecule has 0 radical (unpaired) electrons. The van der Waals surface area contributed by atoms with Crippen molar-refractivity contribution in [3.63, 3.8) is 0 Å². The SMILES string of the molecule is COC(=O)c1occc1COC(=O)c1cc(F)ccc1Br. The Hall–Kier alpha value is -2.15. The van der Waals surface area contributed by atoms with Crippen LogP contribution in [0.2, 0.25) is 0 Å². The third kappa shape index (κ3) is 3.49. The highest BCUT2D eigenvalue weighted by Gasteiger charge is 2.18. The summed E-state index contributed by atoms with van der Waals surface area (Å²) in [7, 11) is 1.21. The van der Waals surface area contributed by atoms with Gasteiger partial charge in [-0.3, -0.25) is 0 Å². The number of methoxy groups -OCH3 is 1. The highest BCUT2D eigenvalue weighted by Crippen LogP contribution is 2.20. The average Bonchev–Trinajstić information content (AvgIpc) is 2.95. The predicted molar refractivity (Wildman–Crippen MR) is 73.3 cm³/mol. The molecule has 0 saturated carbocycles. The lowest BCUT2D eigenvalue weighted by Crippen LogP contribution is -2.09. The third-order valence-corrected chi connectivity index (χ3v) is 3.32. The zero-order valence-corrected chi connectivity index (χ0v) is 12.5. The molecule has 5 nitrogen and oxygen atoms in total. The van der Waals surface area contributed by atoms with E-state index in [0.717, 1.165) is 6.07 Å². The normalized spacial score (nSPS) is 10.2. The van der Waals surface area contributed by atoms with E-state index in [-0.39, 0.29) is 17.9 Å². The van der Waals surface area contributed by atoms with Crippen molar-refractivity contribution in [2.24, 2.45) is 0 Å². The summed E-state index contributed by atoms with van der Waals surface area (Å²) in [6.45, 7) is -0.192. The Balaban J connectivity index is 2.10. The van der Waals surface area contributed by atoms with Crippen molar-refractivity contribution in [3.8, 4) is 0 Å². The van der Waals surface area contributed by atoms with Gasteiger partial charge >= 0.3 is 11.9 Å². The van der Waals surface area contributed by atoms with E-state index < -0.39 is 17.8 Å². The van der Waals surface area contributed by atoms with Crippen LogP contribution in [0.5, 0.6) is 0 Å². The predicted octanol–water partition coefficient (Wildman–Crippen LogP) is 3.32. The van der Waals surface area contributed by atoms with Crippen molar-refractivity contribution in [1.29, 1.82) is 0 Å². The van der Waals surface area contributed by atoms with Gasteiger partial charge in [0.2, 0.25) is 5.76 Å². The summed E-state index contributed by atoms with van der Waals surface area (Å²) < 4.78 is 28.1. The molecule has 0 aliphatic heterocycles. The minimum absolute atomic E-state index is 0.0383. The molecule has 0 fully saturated rings. The van der Waals surface area contributed by atoms with Crippen LogP contribution < -0.4 is 0 Å². The minimum atomic E-state index is -0.724. The zero-order valence-electron chi connectivity index (χ0n) is 10.9. The van der Waals surface area contributed by atoms with Crippen molar-refractivity contribution in [2.75, 3.05) is 7.11 Å². The third-order valence-electron chi connectivity index (χ3n) is 2.62.